The van der Waals surface area contributed by atoms with Crippen LogP contribution in [0.5, 0.6) is 0 Å². The van der Waals surface area contributed by atoms with Crippen LogP contribution >= 0.6 is 35.6 Å². The summed E-state index contributed by atoms with van der Waals surface area (Å²) in [5.74, 6) is 0.706. The third-order valence-electron chi connectivity index (χ3n) is 3.85. The van der Waals surface area contributed by atoms with Gasteiger partial charge in [0.05, 0.1) is 0 Å². The molecule has 0 heterocycles. The molecule has 2 aromatic carbocycles. The lowest BCUT2D eigenvalue weighted by Gasteiger charge is -2.12. The van der Waals surface area contributed by atoms with E-state index in [-0.39, 0.29) is 29.9 Å². The van der Waals surface area contributed by atoms with Gasteiger partial charge in [-0.3, -0.25) is 9.79 Å². The maximum absolute atomic E-state index is 11.0. The van der Waals surface area contributed by atoms with Crippen molar-refractivity contribution < 1.29 is 4.79 Å². The van der Waals surface area contributed by atoms with Gasteiger partial charge in [-0.05, 0) is 42.2 Å². The highest BCUT2D eigenvalue weighted by atomic mass is 127. The zero-order valence-electron chi connectivity index (χ0n) is 15.6. The van der Waals surface area contributed by atoms with Crippen molar-refractivity contribution in [1.29, 1.82) is 0 Å². The Bertz CT molecular complexity index is 750. The van der Waals surface area contributed by atoms with E-state index in [0.29, 0.717) is 0 Å². The topological polar surface area (TPSA) is 65.5 Å². The zero-order valence-corrected chi connectivity index (χ0v) is 18.7. The van der Waals surface area contributed by atoms with Gasteiger partial charge in [-0.2, -0.15) is 0 Å². The highest BCUT2D eigenvalue weighted by molar-refractivity contribution is 14.0. The SMILES string of the molecule is CN=C(NCCc1ccc(NC(C)=O)cc1)NCCc1ccccc1Cl.I. The quantitative estimate of drug-likeness (QED) is 0.307. The number of nitrogens with one attached hydrogen (secondary N) is 3. The van der Waals surface area contributed by atoms with E-state index in [0.717, 1.165) is 48.2 Å². The average molecular weight is 501 g/mol. The third-order valence-corrected chi connectivity index (χ3v) is 4.22. The molecule has 0 bridgehead atoms. The van der Waals surface area contributed by atoms with E-state index in [1.54, 1.807) is 7.05 Å². The van der Waals surface area contributed by atoms with E-state index in [2.05, 4.69) is 20.9 Å². The number of benzene rings is 2. The largest absolute Gasteiger partial charge is 0.356 e. The number of aliphatic imine (C=N–C) groups is 1. The molecular formula is C20H26ClIN4O. The summed E-state index contributed by atoms with van der Waals surface area (Å²) in [6.07, 6.45) is 1.70. The van der Waals surface area contributed by atoms with Gasteiger partial charge in [0.2, 0.25) is 5.91 Å². The summed E-state index contributed by atoms with van der Waals surface area (Å²) in [6.45, 7) is 3.03. The van der Waals surface area contributed by atoms with Crippen LogP contribution < -0.4 is 16.0 Å². The first-order valence-corrected chi connectivity index (χ1v) is 9.00. The number of anilines is 1. The second-order valence-electron chi connectivity index (χ2n) is 5.90. The fourth-order valence-corrected chi connectivity index (χ4v) is 2.75. The minimum atomic E-state index is -0.0638. The van der Waals surface area contributed by atoms with Crippen molar-refractivity contribution in [3.05, 3.63) is 64.7 Å². The van der Waals surface area contributed by atoms with Crippen LogP contribution in [0.15, 0.2) is 53.5 Å². The number of carbonyl (C=O) groups is 1. The number of carbonyl (C=O) groups excluding carboxylic acids is 1. The molecule has 146 valence electrons. The van der Waals surface area contributed by atoms with Crippen molar-refractivity contribution in [2.45, 2.75) is 19.8 Å². The average Bonchev–Trinajstić information content (AvgIpc) is 2.63. The summed E-state index contributed by atoms with van der Waals surface area (Å²) in [7, 11) is 1.76. The maximum atomic E-state index is 11.0. The lowest BCUT2D eigenvalue weighted by molar-refractivity contribution is -0.114. The highest BCUT2D eigenvalue weighted by Crippen LogP contribution is 2.14. The van der Waals surface area contributed by atoms with Crippen molar-refractivity contribution in [3.8, 4) is 0 Å². The van der Waals surface area contributed by atoms with E-state index in [1.165, 1.54) is 12.5 Å². The van der Waals surface area contributed by atoms with Gasteiger partial charge in [0.25, 0.3) is 0 Å². The Kier molecular flexibility index (Phi) is 10.8. The molecule has 0 saturated heterocycles. The van der Waals surface area contributed by atoms with Crippen LogP contribution in [0, 0.1) is 0 Å². The van der Waals surface area contributed by atoms with Gasteiger partial charge in [-0.1, -0.05) is 41.9 Å². The van der Waals surface area contributed by atoms with Crippen molar-refractivity contribution in [1.82, 2.24) is 10.6 Å². The van der Waals surface area contributed by atoms with Gasteiger partial charge >= 0.3 is 0 Å². The van der Waals surface area contributed by atoms with Crippen molar-refractivity contribution >= 4 is 53.1 Å². The standard InChI is InChI=1S/C20H25ClN4O.HI/c1-15(26)25-18-9-7-16(8-10-18)11-13-23-20(22-2)24-14-12-17-5-3-4-6-19(17)21;/h3-10H,11-14H2,1-2H3,(H,25,26)(H2,22,23,24);1H. The number of guanidine groups is 1. The highest BCUT2D eigenvalue weighted by Gasteiger charge is 2.01. The lowest BCUT2D eigenvalue weighted by Crippen LogP contribution is -2.39. The van der Waals surface area contributed by atoms with Crippen LogP contribution in [0.25, 0.3) is 0 Å². The molecule has 0 aromatic heterocycles. The molecule has 0 aliphatic rings. The number of nitrogens with zero attached hydrogens (tertiary/aromatic N) is 1. The van der Waals surface area contributed by atoms with Gasteiger partial charge in [0.1, 0.15) is 0 Å². The molecule has 27 heavy (non-hydrogen) atoms. The monoisotopic (exact) mass is 500 g/mol. The summed E-state index contributed by atoms with van der Waals surface area (Å²) in [5.41, 5.74) is 3.13. The van der Waals surface area contributed by atoms with E-state index >= 15 is 0 Å². The Morgan fingerprint density at radius 3 is 2.22 bits per heavy atom. The van der Waals surface area contributed by atoms with Crippen LogP contribution in [-0.4, -0.2) is 32.0 Å². The van der Waals surface area contributed by atoms with Crippen LogP contribution in [0.1, 0.15) is 18.1 Å². The molecule has 2 aromatic rings. The van der Waals surface area contributed by atoms with Crippen molar-refractivity contribution in [2.75, 3.05) is 25.5 Å². The molecule has 0 unspecified atom stereocenters. The lowest BCUT2D eigenvalue weighted by atomic mass is 10.1. The number of hydrogen-bond acceptors (Lipinski definition) is 2. The van der Waals surface area contributed by atoms with Gasteiger partial charge in [0, 0.05) is 37.8 Å². The number of rotatable bonds is 7. The molecule has 2 rings (SSSR count). The molecule has 3 N–H and O–H groups in total. The fourth-order valence-electron chi connectivity index (χ4n) is 2.52. The molecule has 0 aliphatic carbocycles. The zero-order chi connectivity index (χ0) is 18.8. The van der Waals surface area contributed by atoms with Crippen LogP contribution in [-0.2, 0) is 17.6 Å². The Hall–Kier alpha value is -1.80. The van der Waals surface area contributed by atoms with Gasteiger partial charge < -0.3 is 16.0 Å². The van der Waals surface area contributed by atoms with E-state index < -0.39 is 0 Å². The predicted octanol–water partition coefficient (Wildman–Crippen LogP) is 3.87. The second kappa shape index (κ2) is 12.6. The molecule has 1 amide bonds. The molecule has 0 aliphatic heterocycles. The van der Waals surface area contributed by atoms with Crippen molar-refractivity contribution in [2.24, 2.45) is 4.99 Å². The first-order valence-electron chi connectivity index (χ1n) is 8.63. The molecule has 0 saturated carbocycles. The normalized spacial score (nSPS) is 10.7. The van der Waals surface area contributed by atoms with Gasteiger partial charge in [-0.25, -0.2) is 0 Å². The van der Waals surface area contributed by atoms with Crippen LogP contribution in [0.4, 0.5) is 5.69 Å². The Morgan fingerprint density at radius 1 is 1.00 bits per heavy atom. The fraction of sp³-hybridized carbons (Fsp3) is 0.300. The van der Waals surface area contributed by atoms with E-state index in [1.807, 2.05) is 48.5 Å². The first-order chi connectivity index (χ1) is 12.6. The van der Waals surface area contributed by atoms with Crippen LogP contribution in [0.3, 0.4) is 0 Å². The van der Waals surface area contributed by atoms with E-state index in [4.69, 9.17) is 11.6 Å². The van der Waals surface area contributed by atoms with E-state index in [9.17, 15) is 4.79 Å². The Morgan fingerprint density at radius 2 is 1.63 bits per heavy atom. The smallest absolute Gasteiger partial charge is 0.221 e. The third kappa shape index (κ3) is 8.62. The number of hydrogen-bond donors (Lipinski definition) is 3. The summed E-state index contributed by atoms with van der Waals surface area (Å²) in [4.78, 5) is 15.3. The number of halogens is 2. The Balaban J connectivity index is 0.00000364. The summed E-state index contributed by atoms with van der Waals surface area (Å²) >= 11 is 6.17. The summed E-state index contributed by atoms with van der Waals surface area (Å²) in [6, 6.07) is 15.7. The Labute approximate surface area is 183 Å². The van der Waals surface area contributed by atoms with Gasteiger partial charge in [-0.15, -0.1) is 24.0 Å². The van der Waals surface area contributed by atoms with Crippen LogP contribution in [0.2, 0.25) is 5.02 Å². The molecule has 0 atom stereocenters. The molecule has 0 spiro atoms. The molecule has 7 heteroatoms. The second-order valence-corrected chi connectivity index (χ2v) is 6.30. The minimum Gasteiger partial charge on any atom is -0.356 e. The van der Waals surface area contributed by atoms with Crippen molar-refractivity contribution in [3.63, 3.8) is 0 Å². The minimum absolute atomic E-state index is 0. The first kappa shape index (κ1) is 23.2. The summed E-state index contributed by atoms with van der Waals surface area (Å²) in [5, 5.41) is 10.2. The molecule has 0 radical (unpaired) electrons. The molecule has 0 fully saturated rings. The summed E-state index contributed by atoms with van der Waals surface area (Å²) < 4.78 is 0. The maximum Gasteiger partial charge on any atom is 0.221 e. The van der Waals surface area contributed by atoms with Gasteiger partial charge in [0.15, 0.2) is 5.96 Å². The molecular weight excluding hydrogens is 475 g/mol. The molecule has 5 nitrogen and oxygen atoms in total. The predicted molar refractivity (Wildman–Crippen MR) is 124 cm³/mol. The number of amides is 1.